The standard InChI is InChI=1S/C12H13F3O2S/c1-3-4-11(12(13,14)15)18(16,17)10-7-5-9(2)6-8-10/h3,5-8,11H,1,4H2,2H3. The fourth-order valence-corrected chi connectivity index (χ4v) is 3.07. The van der Waals surface area contributed by atoms with Gasteiger partial charge in [0.2, 0.25) is 0 Å². The molecule has 0 saturated heterocycles. The van der Waals surface area contributed by atoms with Gasteiger partial charge in [0, 0.05) is 0 Å². The molecule has 0 aliphatic heterocycles. The molecule has 0 aromatic heterocycles. The summed E-state index contributed by atoms with van der Waals surface area (Å²) in [4.78, 5) is -0.322. The third kappa shape index (κ3) is 3.13. The van der Waals surface area contributed by atoms with E-state index in [0.29, 0.717) is 0 Å². The minimum Gasteiger partial charge on any atom is -0.223 e. The van der Waals surface area contributed by atoms with Crippen LogP contribution >= 0.6 is 0 Å². The van der Waals surface area contributed by atoms with E-state index in [1.54, 1.807) is 6.92 Å². The fraction of sp³-hybridized carbons (Fsp3) is 0.333. The molecule has 1 unspecified atom stereocenters. The summed E-state index contributed by atoms with van der Waals surface area (Å²) in [5.74, 6) is 0. The molecule has 0 amide bonds. The lowest BCUT2D eigenvalue weighted by Gasteiger charge is -2.19. The zero-order valence-corrected chi connectivity index (χ0v) is 10.6. The van der Waals surface area contributed by atoms with Crippen LogP contribution in [0.2, 0.25) is 0 Å². The third-order valence-electron chi connectivity index (χ3n) is 2.47. The molecule has 0 bridgehead atoms. The van der Waals surface area contributed by atoms with Gasteiger partial charge >= 0.3 is 6.18 Å². The minimum atomic E-state index is -4.81. The topological polar surface area (TPSA) is 34.1 Å². The summed E-state index contributed by atoms with van der Waals surface area (Å²) in [7, 11) is -4.43. The van der Waals surface area contributed by atoms with Gasteiger partial charge in [-0.1, -0.05) is 23.8 Å². The molecule has 0 saturated carbocycles. The highest BCUT2D eigenvalue weighted by Gasteiger charge is 2.48. The van der Waals surface area contributed by atoms with Gasteiger partial charge in [-0.3, -0.25) is 0 Å². The Morgan fingerprint density at radius 3 is 2.17 bits per heavy atom. The summed E-state index contributed by atoms with van der Waals surface area (Å²) >= 11 is 0. The number of rotatable bonds is 4. The predicted molar refractivity (Wildman–Crippen MR) is 63.0 cm³/mol. The SMILES string of the molecule is C=CCC(C(F)(F)F)S(=O)(=O)c1ccc(C)cc1. The highest BCUT2D eigenvalue weighted by molar-refractivity contribution is 7.92. The van der Waals surface area contributed by atoms with E-state index in [4.69, 9.17) is 0 Å². The van der Waals surface area contributed by atoms with E-state index >= 15 is 0 Å². The van der Waals surface area contributed by atoms with Crippen molar-refractivity contribution in [1.29, 1.82) is 0 Å². The second kappa shape index (κ2) is 5.14. The van der Waals surface area contributed by atoms with Crippen LogP contribution in [0.5, 0.6) is 0 Å². The lowest BCUT2D eigenvalue weighted by atomic mass is 10.2. The van der Waals surface area contributed by atoms with Gasteiger partial charge in [-0.25, -0.2) is 8.42 Å². The van der Waals surface area contributed by atoms with E-state index in [9.17, 15) is 21.6 Å². The Kier molecular flexibility index (Phi) is 4.21. The second-order valence-electron chi connectivity index (χ2n) is 3.91. The van der Waals surface area contributed by atoms with E-state index in [2.05, 4.69) is 6.58 Å². The summed E-state index contributed by atoms with van der Waals surface area (Å²) in [6.07, 6.45) is -4.50. The van der Waals surface area contributed by atoms with Crippen LogP contribution < -0.4 is 0 Å². The maximum absolute atomic E-state index is 12.7. The molecule has 1 aromatic carbocycles. The first-order valence-corrected chi connectivity index (χ1v) is 6.72. The quantitative estimate of drug-likeness (QED) is 0.792. The van der Waals surface area contributed by atoms with Crippen molar-refractivity contribution in [2.24, 2.45) is 0 Å². The van der Waals surface area contributed by atoms with Crippen LogP contribution in [-0.2, 0) is 9.84 Å². The lowest BCUT2D eigenvalue weighted by Crippen LogP contribution is -2.36. The molecule has 2 nitrogen and oxygen atoms in total. The molecule has 6 heteroatoms. The number of allylic oxidation sites excluding steroid dienone is 1. The first-order chi connectivity index (χ1) is 8.19. The first-order valence-electron chi connectivity index (χ1n) is 5.17. The maximum atomic E-state index is 12.7. The number of aryl methyl sites for hydroxylation is 1. The molecule has 0 aliphatic rings. The molecule has 0 spiro atoms. The van der Waals surface area contributed by atoms with Crippen LogP contribution in [0.15, 0.2) is 41.8 Å². The Balaban J connectivity index is 3.25. The molecule has 1 rings (SSSR count). The summed E-state index contributed by atoms with van der Waals surface area (Å²) in [6, 6.07) is 5.31. The summed E-state index contributed by atoms with van der Waals surface area (Å²) < 4.78 is 62.0. The van der Waals surface area contributed by atoms with Gasteiger partial charge in [0.25, 0.3) is 0 Å². The number of halogens is 3. The van der Waals surface area contributed by atoms with Crippen LogP contribution in [0.25, 0.3) is 0 Å². The van der Waals surface area contributed by atoms with Crippen LogP contribution in [-0.4, -0.2) is 19.8 Å². The van der Waals surface area contributed by atoms with Gasteiger partial charge in [0.05, 0.1) is 4.90 Å². The molecule has 1 atom stereocenters. The molecule has 0 heterocycles. The summed E-state index contributed by atoms with van der Waals surface area (Å²) in [5, 5.41) is -2.44. The number of hydrogen-bond acceptors (Lipinski definition) is 2. The highest BCUT2D eigenvalue weighted by atomic mass is 32.2. The molecule has 18 heavy (non-hydrogen) atoms. The van der Waals surface area contributed by atoms with Gasteiger partial charge in [-0.2, -0.15) is 13.2 Å². The van der Waals surface area contributed by atoms with Crippen LogP contribution in [0.1, 0.15) is 12.0 Å². The van der Waals surface area contributed by atoms with Crippen molar-refractivity contribution in [2.75, 3.05) is 0 Å². The second-order valence-corrected chi connectivity index (χ2v) is 6.04. The molecular formula is C12H13F3O2S. The van der Waals surface area contributed by atoms with Crippen molar-refractivity contribution in [2.45, 2.75) is 29.7 Å². The Morgan fingerprint density at radius 1 is 1.28 bits per heavy atom. The molecule has 0 aliphatic carbocycles. The largest absolute Gasteiger partial charge is 0.406 e. The Bertz CT molecular complexity index is 515. The average Bonchev–Trinajstić information content (AvgIpc) is 2.24. The van der Waals surface area contributed by atoms with Gasteiger partial charge in [0.15, 0.2) is 15.1 Å². The van der Waals surface area contributed by atoms with Gasteiger partial charge in [-0.15, -0.1) is 6.58 Å². The van der Waals surface area contributed by atoms with Crippen LogP contribution in [0, 0.1) is 6.92 Å². The zero-order chi connectivity index (χ0) is 14.0. The predicted octanol–water partition coefficient (Wildman–Crippen LogP) is 3.28. The first kappa shape index (κ1) is 14.8. The van der Waals surface area contributed by atoms with Crippen molar-refractivity contribution < 1.29 is 21.6 Å². The Morgan fingerprint density at radius 2 is 1.78 bits per heavy atom. The van der Waals surface area contributed by atoms with Gasteiger partial charge in [0.1, 0.15) is 0 Å². The smallest absolute Gasteiger partial charge is 0.223 e. The molecule has 0 radical (unpaired) electrons. The van der Waals surface area contributed by atoms with Crippen LogP contribution in [0.3, 0.4) is 0 Å². The monoisotopic (exact) mass is 278 g/mol. The van der Waals surface area contributed by atoms with Crippen molar-refractivity contribution in [1.82, 2.24) is 0 Å². The zero-order valence-electron chi connectivity index (χ0n) is 9.74. The molecule has 1 aromatic rings. The summed E-state index contributed by atoms with van der Waals surface area (Å²) in [6.45, 7) is 4.89. The third-order valence-corrected chi connectivity index (χ3v) is 4.61. The normalized spacial score (nSPS) is 14.2. The number of benzene rings is 1. The molecular weight excluding hydrogens is 265 g/mol. The van der Waals surface area contributed by atoms with Crippen molar-refractivity contribution in [3.05, 3.63) is 42.5 Å². The number of sulfone groups is 1. The Labute approximate surface area is 104 Å². The van der Waals surface area contributed by atoms with E-state index in [1.165, 1.54) is 24.3 Å². The molecule has 0 fully saturated rings. The van der Waals surface area contributed by atoms with Crippen molar-refractivity contribution in [3.8, 4) is 0 Å². The van der Waals surface area contributed by atoms with Gasteiger partial charge < -0.3 is 0 Å². The molecule has 0 N–H and O–H groups in total. The van der Waals surface area contributed by atoms with Crippen molar-refractivity contribution >= 4 is 9.84 Å². The van der Waals surface area contributed by atoms with Gasteiger partial charge in [-0.05, 0) is 25.5 Å². The van der Waals surface area contributed by atoms with E-state index in [-0.39, 0.29) is 4.90 Å². The minimum absolute atomic E-state index is 0.322. The number of hydrogen-bond donors (Lipinski definition) is 0. The van der Waals surface area contributed by atoms with E-state index in [1.807, 2.05) is 0 Å². The molecule has 100 valence electrons. The highest BCUT2D eigenvalue weighted by Crippen LogP contribution is 2.32. The number of alkyl halides is 3. The van der Waals surface area contributed by atoms with Crippen LogP contribution in [0.4, 0.5) is 13.2 Å². The average molecular weight is 278 g/mol. The lowest BCUT2D eigenvalue weighted by molar-refractivity contribution is -0.129. The fourth-order valence-electron chi connectivity index (χ4n) is 1.48. The maximum Gasteiger partial charge on any atom is 0.406 e. The Hall–Kier alpha value is -1.30. The van der Waals surface area contributed by atoms with Crippen molar-refractivity contribution in [3.63, 3.8) is 0 Å². The van der Waals surface area contributed by atoms with E-state index in [0.717, 1.165) is 11.6 Å². The summed E-state index contributed by atoms with van der Waals surface area (Å²) in [5.41, 5.74) is 0.779. The van der Waals surface area contributed by atoms with E-state index < -0.39 is 27.7 Å².